The first-order valence-corrected chi connectivity index (χ1v) is 4.52. The van der Waals surface area contributed by atoms with E-state index in [0.29, 0.717) is 30.1 Å². The highest BCUT2D eigenvalue weighted by atomic mass is 19.1. The van der Waals surface area contributed by atoms with Crippen molar-refractivity contribution in [3.63, 3.8) is 0 Å². The molecule has 0 spiro atoms. The average molecular weight is 194 g/mol. The molecule has 1 aromatic carbocycles. The summed E-state index contributed by atoms with van der Waals surface area (Å²) in [5.41, 5.74) is 1.09. The fraction of sp³-hybridized carbons (Fsp3) is 0.300. The molecule has 1 aromatic heterocycles. The molecule has 0 atom stereocenters. The maximum absolute atomic E-state index is 13.2. The zero-order valence-electron chi connectivity index (χ0n) is 7.88. The highest BCUT2D eigenvalue weighted by Crippen LogP contribution is 2.14. The molecule has 1 heterocycles. The van der Waals surface area contributed by atoms with Gasteiger partial charge in [0.15, 0.2) is 5.82 Å². The van der Waals surface area contributed by atoms with Crippen LogP contribution >= 0.6 is 0 Å². The number of aromatic amines is 1. The number of ether oxygens (including phenoxy) is 1. The van der Waals surface area contributed by atoms with Crippen molar-refractivity contribution in [3.8, 4) is 0 Å². The number of rotatable bonds is 3. The number of nitrogens with zero attached hydrogens (tertiary/aromatic N) is 1. The number of para-hydroxylation sites is 1. The van der Waals surface area contributed by atoms with Gasteiger partial charge >= 0.3 is 0 Å². The number of H-pyrrole nitrogens is 1. The minimum atomic E-state index is -0.304. The molecule has 0 unspecified atom stereocenters. The molecule has 0 fully saturated rings. The summed E-state index contributed by atoms with van der Waals surface area (Å²) in [5, 5.41) is 0. The van der Waals surface area contributed by atoms with Gasteiger partial charge in [-0.1, -0.05) is 6.07 Å². The molecule has 0 aliphatic heterocycles. The molecule has 0 aliphatic rings. The van der Waals surface area contributed by atoms with Gasteiger partial charge in [0.2, 0.25) is 0 Å². The van der Waals surface area contributed by atoms with Crippen LogP contribution < -0.4 is 0 Å². The van der Waals surface area contributed by atoms with Crippen LogP contribution in [0, 0.1) is 5.82 Å². The Balaban J connectivity index is 2.36. The second-order valence-electron chi connectivity index (χ2n) is 2.96. The maximum Gasteiger partial charge on any atom is 0.151 e. The molecule has 0 bridgehead atoms. The van der Waals surface area contributed by atoms with Crippen molar-refractivity contribution in [3.05, 3.63) is 29.8 Å². The summed E-state index contributed by atoms with van der Waals surface area (Å²) >= 11 is 0. The molecule has 0 aliphatic carbocycles. The molecule has 4 heteroatoms. The second kappa shape index (κ2) is 3.75. The van der Waals surface area contributed by atoms with E-state index in [0.717, 1.165) is 0 Å². The molecule has 0 saturated heterocycles. The maximum atomic E-state index is 13.2. The Labute approximate surface area is 80.9 Å². The van der Waals surface area contributed by atoms with Crippen molar-refractivity contribution in [2.75, 3.05) is 6.61 Å². The minimum Gasteiger partial charge on any atom is -0.374 e. The highest BCUT2D eigenvalue weighted by Gasteiger charge is 2.05. The third-order valence-electron chi connectivity index (χ3n) is 1.96. The van der Waals surface area contributed by atoms with Crippen LogP contribution in [0.5, 0.6) is 0 Å². The predicted molar refractivity (Wildman–Crippen MR) is 51.4 cm³/mol. The molecule has 0 radical (unpaired) electrons. The van der Waals surface area contributed by atoms with E-state index >= 15 is 0 Å². The van der Waals surface area contributed by atoms with E-state index in [1.54, 1.807) is 12.1 Å². The zero-order valence-corrected chi connectivity index (χ0v) is 7.88. The Hall–Kier alpha value is -1.42. The van der Waals surface area contributed by atoms with Crippen LogP contribution in [0.4, 0.5) is 4.39 Å². The van der Waals surface area contributed by atoms with Crippen LogP contribution in [-0.4, -0.2) is 16.6 Å². The number of benzene rings is 1. The van der Waals surface area contributed by atoms with Crippen molar-refractivity contribution in [1.29, 1.82) is 0 Å². The molecule has 74 valence electrons. The average Bonchev–Trinajstić information content (AvgIpc) is 2.59. The Bertz CT molecular complexity index is 439. The molecule has 0 amide bonds. The van der Waals surface area contributed by atoms with Gasteiger partial charge in [-0.2, -0.15) is 0 Å². The quantitative estimate of drug-likeness (QED) is 0.813. The molecule has 2 rings (SSSR count). The standard InChI is InChI=1S/C10H11FN2O/c1-2-14-6-9-12-8-5-3-4-7(11)10(8)13-9/h3-5H,2,6H2,1H3,(H,12,13). The lowest BCUT2D eigenvalue weighted by Gasteiger charge is -1.94. The van der Waals surface area contributed by atoms with E-state index < -0.39 is 0 Å². The number of hydrogen-bond acceptors (Lipinski definition) is 2. The smallest absolute Gasteiger partial charge is 0.151 e. The van der Waals surface area contributed by atoms with Crippen LogP contribution in [0.25, 0.3) is 11.0 Å². The van der Waals surface area contributed by atoms with Gasteiger partial charge in [0.1, 0.15) is 17.9 Å². The summed E-state index contributed by atoms with van der Waals surface area (Å²) in [6, 6.07) is 4.84. The molecular formula is C10H11FN2O. The minimum absolute atomic E-state index is 0.304. The van der Waals surface area contributed by atoms with Crippen molar-refractivity contribution >= 4 is 11.0 Å². The predicted octanol–water partition coefficient (Wildman–Crippen LogP) is 2.24. The van der Waals surface area contributed by atoms with Gasteiger partial charge in [-0.3, -0.25) is 0 Å². The zero-order chi connectivity index (χ0) is 9.97. The van der Waals surface area contributed by atoms with E-state index in [1.165, 1.54) is 6.07 Å². The lowest BCUT2D eigenvalue weighted by Crippen LogP contribution is -1.93. The van der Waals surface area contributed by atoms with Crippen LogP contribution in [0.2, 0.25) is 0 Å². The number of fused-ring (bicyclic) bond motifs is 1. The number of halogens is 1. The van der Waals surface area contributed by atoms with Gasteiger partial charge in [0, 0.05) is 6.61 Å². The Morgan fingerprint density at radius 3 is 3.07 bits per heavy atom. The molecule has 0 saturated carbocycles. The summed E-state index contributed by atoms with van der Waals surface area (Å²) in [6.45, 7) is 2.92. The third kappa shape index (κ3) is 1.61. The van der Waals surface area contributed by atoms with E-state index in [4.69, 9.17) is 4.74 Å². The molecule has 2 aromatic rings. The summed E-state index contributed by atoms with van der Waals surface area (Å²) in [7, 11) is 0. The van der Waals surface area contributed by atoms with Crippen LogP contribution in [0.3, 0.4) is 0 Å². The van der Waals surface area contributed by atoms with Crippen LogP contribution in [0.15, 0.2) is 18.2 Å². The number of imidazole rings is 1. The second-order valence-corrected chi connectivity index (χ2v) is 2.96. The van der Waals surface area contributed by atoms with Gasteiger partial charge in [-0.05, 0) is 19.1 Å². The number of nitrogens with one attached hydrogen (secondary N) is 1. The van der Waals surface area contributed by atoms with Gasteiger partial charge in [-0.15, -0.1) is 0 Å². The Morgan fingerprint density at radius 1 is 1.50 bits per heavy atom. The number of hydrogen-bond donors (Lipinski definition) is 1. The third-order valence-corrected chi connectivity index (χ3v) is 1.96. The van der Waals surface area contributed by atoms with Gasteiger partial charge < -0.3 is 9.72 Å². The summed E-state index contributed by atoms with van der Waals surface area (Å²) in [4.78, 5) is 7.09. The summed E-state index contributed by atoms with van der Waals surface area (Å²) in [5.74, 6) is 0.355. The largest absolute Gasteiger partial charge is 0.374 e. The van der Waals surface area contributed by atoms with E-state index in [2.05, 4.69) is 9.97 Å². The lowest BCUT2D eigenvalue weighted by atomic mass is 10.3. The van der Waals surface area contributed by atoms with Crippen molar-refractivity contribution in [1.82, 2.24) is 9.97 Å². The molecule has 14 heavy (non-hydrogen) atoms. The first-order valence-electron chi connectivity index (χ1n) is 4.52. The van der Waals surface area contributed by atoms with Crippen LogP contribution in [-0.2, 0) is 11.3 Å². The fourth-order valence-corrected chi connectivity index (χ4v) is 1.32. The lowest BCUT2D eigenvalue weighted by molar-refractivity contribution is 0.129. The van der Waals surface area contributed by atoms with Gasteiger partial charge in [0.05, 0.1) is 5.52 Å². The Kier molecular flexibility index (Phi) is 2.45. The Morgan fingerprint density at radius 2 is 2.36 bits per heavy atom. The van der Waals surface area contributed by atoms with Gasteiger partial charge in [-0.25, -0.2) is 9.37 Å². The topological polar surface area (TPSA) is 37.9 Å². The first kappa shape index (κ1) is 9.15. The molecule has 1 N–H and O–H groups in total. The van der Waals surface area contributed by atoms with Crippen molar-refractivity contribution in [2.45, 2.75) is 13.5 Å². The first-order chi connectivity index (χ1) is 6.81. The molecular weight excluding hydrogens is 183 g/mol. The van der Waals surface area contributed by atoms with Crippen LogP contribution in [0.1, 0.15) is 12.7 Å². The van der Waals surface area contributed by atoms with Crippen molar-refractivity contribution in [2.24, 2.45) is 0 Å². The fourth-order valence-electron chi connectivity index (χ4n) is 1.32. The number of aromatic nitrogens is 2. The van der Waals surface area contributed by atoms with Crippen molar-refractivity contribution < 1.29 is 9.13 Å². The highest BCUT2D eigenvalue weighted by molar-refractivity contribution is 5.75. The van der Waals surface area contributed by atoms with E-state index in [1.807, 2.05) is 6.92 Å². The monoisotopic (exact) mass is 194 g/mol. The molecule has 3 nitrogen and oxygen atoms in total. The van der Waals surface area contributed by atoms with E-state index in [-0.39, 0.29) is 5.82 Å². The summed E-state index contributed by atoms with van der Waals surface area (Å²) < 4.78 is 18.4. The normalized spacial score (nSPS) is 11.0. The van der Waals surface area contributed by atoms with Gasteiger partial charge in [0.25, 0.3) is 0 Å². The summed E-state index contributed by atoms with van der Waals surface area (Å²) in [6.07, 6.45) is 0. The van der Waals surface area contributed by atoms with E-state index in [9.17, 15) is 4.39 Å². The SMILES string of the molecule is CCOCc1nc2c(F)cccc2[nH]1.